The molecular weight excluding hydrogens is 176 g/mol. The Labute approximate surface area is 86.0 Å². The van der Waals surface area contributed by atoms with E-state index < -0.39 is 0 Å². The van der Waals surface area contributed by atoms with Gasteiger partial charge in [0.2, 0.25) is 0 Å². The van der Waals surface area contributed by atoms with Crippen molar-refractivity contribution in [3.8, 4) is 0 Å². The maximum atomic E-state index is 5.61. The highest BCUT2D eigenvalue weighted by Crippen LogP contribution is 2.54. The first-order chi connectivity index (χ1) is 6.71. The normalized spacial score (nSPS) is 57.0. The molecule has 14 heavy (non-hydrogen) atoms. The Bertz CT molecular complexity index is 232. The lowest BCUT2D eigenvalue weighted by Crippen LogP contribution is -2.24. The topological polar surface area (TPSA) is 21.8 Å². The van der Waals surface area contributed by atoms with Gasteiger partial charge in [-0.25, -0.2) is 0 Å². The highest BCUT2D eigenvalue weighted by molar-refractivity contribution is 5.01. The zero-order valence-electron chi connectivity index (χ0n) is 9.16. The Hall–Kier alpha value is -0.0800. The zero-order valence-corrected chi connectivity index (χ0v) is 9.16. The molecule has 1 aliphatic carbocycles. The van der Waals surface area contributed by atoms with Crippen LogP contribution in [-0.4, -0.2) is 25.4 Å². The first-order valence-corrected chi connectivity index (χ1v) is 5.94. The average Bonchev–Trinajstić information content (AvgIpc) is 2.63. The summed E-state index contributed by atoms with van der Waals surface area (Å²) in [6, 6.07) is 0. The molecule has 2 saturated heterocycles. The van der Waals surface area contributed by atoms with E-state index in [4.69, 9.17) is 9.47 Å². The molecule has 5 atom stereocenters. The van der Waals surface area contributed by atoms with Crippen molar-refractivity contribution >= 4 is 0 Å². The van der Waals surface area contributed by atoms with Crippen LogP contribution in [0.15, 0.2) is 0 Å². The monoisotopic (exact) mass is 196 g/mol. The van der Waals surface area contributed by atoms with Gasteiger partial charge < -0.3 is 9.47 Å². The minimum atomic E-state index is 0.524. The largest absolute Gasteiger partial charge is 0.381 e. The fourth-order valence-electron chi connectivity index (χ4n) is 3.63. The molecule has 1 spiro atoms. The Morgan fingerprint density at radius 1 is 1.29 bits per heavy atom. The van der Waals surface area contributed by atoms with Gasteiger partial charge in [-0.1, -0.05) is 6.92 Å². The van der Waals surface area contributed by atoms with Gasteiger partial charge in [-0.3, -0.25) is 0 Å². The van der Waals surface area contributed by atoms with E-state index in [9.17, 15) is 0 Å². The lowest BCUT2D eigenvalue weighted by Gasteiger charge is -2.26. The minimum absolute atomic E-state index is 0.524. The Balaban J connectivity index is 1.71. The molecule has 5 unspecified atom stereocenters. The first kappa shape index (κ1) is 9.17. The zero-order chi connectivity index (χ0) is 9.76. The summed E-state index contributed by atoms with van der Waals surface area (Å²) in [5.41, 5.74) is 0.524. The van der Waals surface area contributed by atoms with E-state index in [-0.39, 0.29) is 0 Å². The standard InChI is InChI=1S/C12H20O2/c1-8-5-10(11-9(2)14-11)6-12(8)3-4-13-7-12/h8-11H,3-7H2,1-2H3. The summed E-state index contributed by atoms with van der Waals surface area (Å²) in [6.45, 7) is 6.59. The molecule has 3 fully saturated rings. The molecule has 1 saturated carbocycles. The minimum Gasteiger partial charge on any atom is -0.381 e. The molecule has 0 aromatic heterocycles. The van der Waals surface area contributed by atoms with Crippen LogP contribution in [0.1, 0.15) is 33.1 Å². The van der Waals surface area contributed by atoms with Gasteiger partial charge in [-0.05, 0) is 43.4 Å². The Kier molecular flexibility index (Phi) is 1.94. The maximum Gasteiger partial charge on any atom is 0.0867 e. The summed E-state index contributed by atoms with van der Waals surface area (Å²) in [7, 11) is 0. The fourth-order valence-corrected chi connectivity index (χ4v) is 3.63. The van der Waals surface area contributed by atoms with Crippen molar-refractivity contribution in [3.63, 3.8) is 0 Å². The van der Waals surface area contributed by atoms with Gasteiger partial charge >= 0.3 is 0 Å². The van der Waals surface area contributed by atoms with Crippen LogP contribution in [0.3, 0.4) is 0 Å². The van der Waals surface area contributed by atoms with Gasteiger partial charge in [0.05, 0.1) is 18.8 Å². The number of hydrogen-bond acceptors (Lipinski definition) is 2. The van der Waals surface area contributed by atoms with E-state index in [2.05, 4.69) is 13.8 Å². The van der Waals surface area contributed by atoms with E-state index in [0.29, 0.717) is 17.6 Å². The van der Waals surface area contributed by atoms with Crippen LogP contribution < -0.4 is 0 Å². The Morgan fingerprint density at radius 3 is 2.64 bits per heavy atom. The van der Waals surface area contributed by atoms with Crippen LogP contribution in [0, 0.1) is 17.3 Å². The van der Waals surface area contributed by atoms with E-state index in [1.165, 1.54) is 19.3 Å². The second kappa shape index (κ2) is 2.96. The van der Waals surface area contributed by atoms with Gasteiger partial charge in [-0.2, -0.15) is 0 Å². The molecule has 0 bridgehead atoms. The van der Waals surface area contributed by atoms with Crippen molar-refractivity contribution in [2.45, 2.75) is 45.3 Å². The lowest BCUT2D eigenvalue weighted by molar-refractivity contribution is 0.128. The SMILES string of the molecule is CC1OC1C1CC(C)C2(CCOC2)C1. The van der Waals surface area contributed by atoms with E-state index >= 15 is 0 Å². The summed E-state index contributed by atoms with van der Waals surface area (Å²) in [5, 5.41) is 0. The molecule has 0 radical (unpaired) electrons. The van der Waals surface area contributed by atoms with Crippen LogP contribution in [0.5, 0.6) is 0 Å². The fraction of sp³-hybridized carbons (Fsp3) is 1.00. The molecule has 0 aromatic rings. The summed E-state index contributed by atoms with van der Waals surface area (Å²) >= 11 is 0. The average molecular weight is 196 g/mol. The first-order valence-electron chi connectivity index (χ1n) is 5.94. The number of ether oxygens (including phenoxy) is 2. The van der Waals surface area contributed by atoms with Crippen molar-refractivity contribution in [2.75, 3.05) is 13.2 Å². The predicted molar refractivity (Wildman–Crippen MR) is 54.1 cm³/mol. The van der Waals surface area contributed by atoms with Gasteiger partial charge in [-0.15, -0.1) is 0 Å². The van der Waals surface area contributed by atoms with Gasteiger partial charge in [0.15, 0.2) is 0 Å². The van der Waals surface area contributed by atoms with Crippen molar-refractivity contribution < 1.29 is 9.47 Å². The van der Waals surface area contributed by atoms with Crippen molar-refractivity contribution in [2.24, 2.45) is 17.3 Å². The third-order valence-electron chi connectivity index (χ3n) is 4.73. The summed E-state index contributed by atoms with van der Waals surface area (Å²) < 4.78 is 11.2. The molecule has 0 amide bonds. The predicted octanol–water partition coefficient (Wildman–Crippen LogP) is 2.23. The molecule has 0 aromatic carbocycles. The van der Waals surface area contributed by atoms with E-state index in [1.807, 2.05) is 0 Å². The maximum absolute atomic E-state index is 5.61. The van der Waals surface area contributed by atoms with Gasteiger partial charge in [0.1, 0.15) is 0 Å². The van der Waals surface area contributed by atoms with Crippen LogP contribution in [-0.2, 0) is 9.47 Å². The van der Waals surface area contributed by atoms with Crippen molar-refractivity contribution in [3.05, 3.63) is 0 Å². The molecular formula is C12H20O2. The van der Waals surface area contributed by atoms with Crippen LogP contribution in [0.2, 0.25) is 0 Å². The smallest absolute Gasteiger partial charge is 0.0867 e. The molecule has 2 heterocycles. The van der Waals surface area contributed by atoms with Crippen molar-refractivity contribution in [1.29, 1.82) is 0 Å². The molecule has 2 heteroatoms. The highest BCUT2D eigenvalue weighted by atomic mass is 16.6. The van der Waals surface area contributed by atoms with Crippen molar-refractivity contribution in [1.82, 2.24) is 0 Å². The molecule has 2 aliphatic heterocycles. The number of rotatable bonds is 1. The lowest BCUT2D eigenvalue weighted by atomic mass is 9.78. The molecule has 3 aliphatic rings. The number of hydrogen-bond donors (Lipinski definition) is 0. The number of epoxide rings is 1. The third kappa shape index (κ3) is 1.24. The molecule has 2 nitrogen and oxygen atoms in total. The van der Waals surface area contributed by atoms with Crippen LogP contribution in [0.25, 0.3) is 0 Å². The van der Waals surface area contributed by atoms with Gasteiger partial charge in [0.25, 0.3) is 0 Å². The van der Waals surface area contributed by atoms with Gasteiger partial charge in [0, 0.05) is 6.61 Å². The highest BCUT2D eigenvalue weighted by Gasteiger charge is 2.53. The van der Waals surface area contributed by atoms with Crippen LogP contribution >= 0.6 is 0 Å². The summed E-state index contributed by atoms with van der Waals surface area (Å²) in [4.78, 5) is 0. The summed E-state index contributed by atoms with van der Waals surface area (Å²) in [5.74, 6) is 1.66. The molecule has 3 rings (SSSR count). The van der Waals surface area contributed by atoms with E-state index in [1.54, 1.807) is 0 Å². The molecule has 0 N–H and O–H groups in total. The summed E-state index contributed by atoms with van der Waals surface area (Å²) in [6.07, 6.45) is 5.11. The Morgan fingerprint density at radius 2 is 2.07 bits per heavy atom. The second-order valence-electron chi connectivity index (χ2n) is 5.57. The third-order valence-corrected chi connectivity index (χ3v) is 4.73. The van der Waals surface area contributed by atoms with E-state index in [0.717, 1.165) is 25.0 Å². The quantitative estimate of drug-likeness (QED) is 0.600. The van der Waals surface area contributed by atoms with Crippen LogP contribution in [0.4, 0.5) is 0 Å². The second-order valence-corrected chi connectivity index (χ2v) is 5.57. The molecule has 80 valence electrons.